The average molecular weight is 514 g/mol. The Kier molecular flexibility index (Phi) is 7.79. The molecule has 0 atom stereocenters. The molecule has 0 bridgehead atoms. The van der Waals surface area contributed by atoms with E-state index >= 15 is 0 Å². The maximum Gasteiger partial charge on any atom is 0.335 e. The predicted molar refractivity (Wildman–Crippen MR) is 137 cm³/mol. The molecule has 184 valence electrons. The van der Waals surface area contributed by atoms with Crippen LogP contribution in [0.15, 0.2) is 83.9 Å². The van der Waals surface area contributed by atoms with Crippen LogP contribution in [0.3, 0.4) is 0 Å². The molecular weight excluding hydrogens is 494 g/mol. The van der Waals surface area contributed by atoms with Gasteiger partial charge in [-0.1, -0.05) is 24.3 Å². The Morgan fingerprint density at radius 2 is 1.81 bits per heavy atom. The molecular formula is C26H19N5O5S. The van der Waals surface area contributed by atoms with E-state index < -0.39 is 16.0 Å². The van der Waals surface area contributed by atoms with E-state index in [2.05, 4.69) is 9.57 Å². The largest absolute Gasteiger partial charge is 0.478 e. The first-order valence-electron chi connectivity index (χ1n) is 10.5. The fourth-order valence-corrected chi connectivity index (χ4v) is 3.95. The molecule has 0 aliphatic carbocycles. The third kappa shape index (κ3) is 6.23. The monoisotopic (exact) mass is 513 g/mol. The van der Waals surface area contributed by atoms with Crippen molar-refractivity contribution in [1.29, 1.82) is 10.5 Å². The van der Waals surface area contributed by atoms with Gasteiger partial charge < -0.3 is 14.7 Å². The number of carboxylic acid groups (broad SMARTS) is 1. The third-order valence-corrected chi connectivity index (χ3v) is 5.65. The molecule has 0 unspecified atom stereocenters. The second-order valence-electron chi connectivity index (χ2n) is 7.63. The number of allylic oxidation sites excluding steroid dienone is 7. The fourth-order valence-electron chi connectivity index (χ4n) is 3.39. The Morgan fingerprint density at radius 1 is 1.14 bits per heavy atom. The second kappa shape index (κ2) is 11.0. The van der Waals surface area contributed by atoms with Gasteiger partial charge in [0, 0.05) is 18.3 Å². The highest BCUT2D eigenvalue weighted by Crippen LogP contribution is 2.38. The highest BCUT2D eigenvalue weighted by atomic mass is 32.2. The van der Waals surface area contributed by atoms with Crippen molar-refractivity contribution in [3.8, 4) is 17.9 Å². The summed E-state index contributed by atoms with van der Waals surface area (Å²) in [5.74, 6) is -0.136. The van der Waals surface area contributed by atoms with Gasteiger partial charge in [-0.05, 0) is 48.0 Å². The highest BCUT2D eigenvalue weighted by Gasteiger charge is 2.23. The standard InChI is InChI=1S/C26H19N5O5S/c1-29-21(16-28)25(17-8-11-20(12-9-17)30-37(3,34)35)19(15-27)6-4-5-7-24-31(2)22-14-18(26(32)33)10-13-23(22)36-24/h4-14,30H,2-3H3,(H,32,33)/b5-4+,19-6+,24-7-,25-21+. The van der Waals surface area contributed by atoms with Crippen LogP contribution in [-0.2, 0) is 10.0 Å². The SMILES string of the molecule is [C-]#[N+]/C(C#N)=C(/C(C#N)=C/C=C/C=C1\Oc2ccc(C(=O)O)cc2N1C)c1ccc(NS(C)(=O)=O)cc1. The molecule has 0 fully saturated rings. The molecule has 0 spiro atoms. The molecule has 2 aromatic rings. The molecule has 0 radical (unpaired) electrons. The summed E-state index contributed by atoms with van der Waals surface area (Å²) in [7, 11) is -1.77. The molecule has 3 rings (SSSR count). The van der Waals surface area contributed by atoms with Crippen molar-refractivity contribution in [3.05, 3.63) is 106 Å². The van der Waals surface area contributed by atoms with Gasteiger partial charge in [-0.2, -0.15) is 5.26 Å². The lowest BCUT2D eigenvalue weighted by atomic mass is 9.96. The fraction of sp³-hybridized carbons (Fsp3) is 0.0769. The normalized spacial score (nSPS) is 14.7. The molecule has 2 aromatic carbocycles. The summed E-state index contributed by atoms with van der Waals surface area (Å²) in [5, 5.41) is 28.4. The summed E-state index contributed by atoms with van der Waals surface area (Å²) < 4.78 is 30.9. The molecule has 0 amide bonds. The first-order valence-corrected chi connectivity index (χ1v) is 12.3. The number of sulfonamides is 1. The highest BCUT2D eigenvalue weighted by molar-refractivity contribution is 7.92. The van der Waals surface area contributed by atoms with Gasteiger partial charge in [0.05, 0.1) is 41.8 Å². The minimum absolute atomic E-state index is 0.0427. The predicted octanol–water partition coefficient (Wildman–Crippen LogP) is 4.29. The number of fused-ring (bicyclic) bond motifs is 1. The third-order valence-electron chi connectivity index (χ3n) is 5.05. The Labute approximate surface area is 213 Å². The Balaban J connectivity index is 1.90. The van der Waals surface area contributed by atoms with Crippen molar-refractivity contribution in [3.63, 3.8) is 0 Å². The number of rotatable bonds is 7. The van der Waals surface area contributed by atoms with Gasteiger partial charge in [0.15, 0.2) is 11.6 Å². The van der Waals surface area contributed by atoms with Crippen LogP contribution in [0.25, 0.3) is 10.4 Å². The van der Waals surface area contributed by atoms with E-state index in [9.17, 15) is 28.8 Å². The van der Waals surface area contributed by atoms with Gasteiger partial charge in [-0.25, -0.2) is 23.3 Å². The minimum atomic E-state index is -3.49. The first kappa shape index (κ1) is 26.3. The Hall–Kier alpha value is -5.31. The Morgan fingerprint density at radius 3 is 2.38 bits per heavy atom. The number of nitrogens with one attached hydrogen (secondary N) is 1. The molecule has 0 aromatic heterocycles. The zero-order valence-corrected chi connectivity index (χ0v) is 20.4. The molecule has 1 aliphatic heterocycles. The number of anilines is 2. The van der Waals surface area contributed by atoms with Crippen LogP contribution < -0.4 is 14.4 Å². The summed E-state index contributed by atoms with van der Waals surface area (Å²) in [6.45, 7) is 7.35. The zero-order valence-electron chi connectivity index (χ0n) is 19.6. The van der Waals surface area contributed by atoms with Crippen LogP contribution >= 0.6 is 0 Å². The van der Waals surface area contributed by atoms with Gasteiger partial charge >= 0.3 is 5.97 Å². The van der Waals surface area contributed by atoms with E-state index in [1.54, 1.807) is 36.2 Å². The van der Waals surface area contributed by atoms with Crippen LogP contribution in [0.2, 0.25) is 0 Å². The molecule has 10 nitrogen and oxygen atoms in total. The lowest BCUT2D eigenvalue weighted by Gasteiger charge is -2.10. The first-order chi connectivity index (χ1) is 17.6. The van der Waals surface area contributed by atoms with Gasteiger partial charge in [0.1, 0.15) is 0 Å². The number of hydrogen-bond acceptors (Lipinski definition) is 7. The maximum atomic E-state index is 11.4. The molecule has 0 saturated carbocycles. The maximum absolute atomic E-state index is 11.4. The summed E-state index contributed by atoms with van der Waals surface area (Å²) in [5.41, 5.74) is 1.23. The van der Waals surface area contributed by atoms with Crippen LogP contribution in [0.5, 0.6) is 5.75 Å². The number of carboxylic acids is 1. The summed E-state index contributed by atoms with van der Waals surface area (Å²) in [6, 6.07) is 14.2. The van der Waals surface area contributed by atoms with E-state index in [0.29, 0.717) is 22.9 Å². The van der Waals surface area contributed by atoms with E-state index in [4.69, 9.17) is 11.3 Å². The smallest absolute Gasteiger partial charge is 0.335 e. The molecule has 11 heteroatoms. The van der Waals surface area contributed by atoms with Crippen molar-refractivity contribution in [2.24, 2.45) is 0 Å². The minimum Gasteiger partial charge on any atom is -0.478 e. The number of nitriles is 2. The van der Waals surface area contributed by atoms with Crippen LogP contribution in [0.1, 0.15) is 15.9 Å². The van der Waals surface area contributed by atoms with Crippen molar-refractivity contribution in [2.45, 2.75) is 0 Å². The van der Waals surface area contributed by atoms with Crippen molar-refractivity contribution in [2.75, 3.05) is 22.9 Å². The lowest BCUT2D eigenvalue weighted by molar-refractivity contribution is 0.0697. The number of benzene rings is 2. The van der Waals surface area contributed by atoms with Crippen LogP contribution in [0, 0.1) is 29.2 Å². The van der Waals surface area contributed by atoms with E-state index in [1.807, 2.05) is 6.07 Å². The van der Waals surface area contributed by atoms with Crippen molar-refractivity contribution in [1.82, 2.24) is 0 Å². The quantitative estimate of drug-likeness (QED) is 0.317. The summed E-state index contributed by atoms with van der Waals surface area (Å²) in [4.78, 5) is 16.1. The number of ether oxygens (including phenoxy) is 1. The average Bonchev–Trinajstić information content (AvgIpc) is 3.17. The number of nitrogens with zero attached hydrogens (tertiary/aromatic N) is 4. The van der Waals surface area contributed by atoms with E-state index in [-0.39, 0.29) is 28.1 Å². The van der Waals surface area contributed by atoms with Gasteiger partial charge in [0.2, 0.25) is 10.0 Å². The molecule has 1 aliphatic rings. The number of hydrogen-bond donors (Lipinski definition) is 2. The number of carbonyl (C=O) groups is 1. The van der Waals surface area contributed by atoms with Gasteiger partial charge in [-0.3, -0.25) is 4.72 Å². The molecule has 37 heavy (non-hydrogen) atoms. The van der Waals surface area contributed by atoms with Gasteiger partial charge in [-0.15, -0.1) is 0 Å². The van der Waals surface area contributed by atoms with Crippen molar-refractivity contribution < 1.29 is 23.1 Å². The van der Waals surface area contributed by atoms with E-state index in [1.165, 1.54) is 48.6 Å². The summed E-state index contributed by atoms with van der Waals surface area (Å²) in [6.07, 6.45) is 7.18. The molecule has 0 saturated heterocycles. The zero-order chi connectivity index (χ0) is 27.2. The summed E-state index contributed by atoms with van der Waals surface area (Å²) >= 11 is 0. The van der Waals surface area contributed by atoms with Crippen LogP contribution in [0.4, 0.5) is 11.4 Å². The molecule has 2 N–H and O–H groups in total. The lowest BCUT2D eigenvalue weighted by Crippen LogP contribution is -2.13. The van der Waals surface area contributed by atoms with Crippen molar-refractivity contribution >= 4 is 32.9 Å². The number of aromatic carboxylic acids is 1. The topological polar surface area (TPSA) is 148 Å². The Bertz CT molecular complexity index is 1600. The second-order valence-corrected chi connectivity index (χ2v) is 9.38. The molecule has 1 heterocycles. The van der Waals surface area contributed by atoms with E-state index in [0.717, 1.165) is 6.26 Å². The van der Waals surface area contributed by atoms with Gasteiger partial charge in [0.25, 0.3) is 5.70 Å². The van der Waals surface area contributed by atoms with Crippen LogP contribution in [-0.4, -0.2) is 32.8 Å².